The van der Waals surface area contributed by atoms with Crippen molar-refractivity contribution in [3.05, 3.63) is 18.5 Å². The van der Waals surface area contributed by atoms with Gasteiger partial charge in [0.2, 0.25) is 11.9 Å². The first-order valence-corrected chi connectivity index (χ1v) is 8.70. The quantitative estimate of drug-likeness (QED) is 0.337. The van der Waals surface area contributed by atoms with Crippen LogP contribution in [0.25, 0.3) is 0 Å². The smallest absolute Gasteiger partial charge is 0.356 e. The molecule has 0 bridgehead atoms. The Balaban J connectivity index is 0.00000392. The van der Waals surface area contributed by atoms with E-state index in [-0.39, 0.29) is 48.8 Å². The summed E-state index contributed by atoms with van der Waals surface area (Å²) in [4.78, 5) is 28.3. The van der Waals surface area contributed by atoms with Crippen LogP contribution < -0.4 is 15.5 Å². The molecule has 12 heteroatoms. The van der Waals surface area contributed by atoms with Crippen LogP contribution in [0.1, 0.15) is 12.8 Å². The number of amides is 1. The van der Waals surface area contributed by atoms with Crippen LogP contribution in [0, 0.1) is 0 Å². The van der Waals surface area contributed by atoms with E-state index in [4.69, 9.17) is 0 Å². The van der Waals surface area contributed by atoms with Crippen LogP contribution in [0.2, 0.25) is 0 Å². The SMILES string of the molecule is CN=C(NCCC(=O)N1CCN(c2ncccn2)CC1)NCCC(F)(F)F.I. The third-order valence-corrected chi connectivity index (χ3v) is 4.02. The molecular formula is C16H25F3IN7O. The van der Waals surface area contributed by atoms with Crippen LogP contribution in [0.3, 0.4) is 0 Å². The molecule has 1 saturated heterocycles. The number of anilines is 1. The zero-order valence-electron chi connectivity index (χ0n) is 15.6. The van der Waals surface area contributed by atoms with E-state index in [9.17, 15) is 18.0 Å². The van der Waals surface area contributed by atoms with Crippen molar-refractivity contribution in [1.82, 2.24) is 25.5 Å². The lowest BCUT2D eigenvalue weighted by molar-refractivity contribution is -0.133. The summed E-state index contributed by atoms with van der Waals surface area (Å²) < 4.78 is 36.4. The van der Waals surface area contributed by atoms with Crippen LogP contribution in [-0.4, -0.2) is 79.2 Å². The van der Waals surface area contributed by atoms with E-state index in [2.05, 4.69) is 25.6 Å². The molecule has 0 atom stereocenters. The highest BCUT2D eigenvalue weighted by molar-refractivity contribution is 14.0. The van der Waals surface area contributed by atoms with Crippen molar-refractivity contribution >= 4 is 41.8 Å². The van der Waals surface area contributed by atoms with Gasteiger partial charge in [0.25, 0.3) is 0 Å². The van der Waals surface area contributed by atoms with Gasteiger partial charge >= 0.3 is 6.18 Å². The fourth-order valence-corrected chi connectivity index (χ4v) is 2.60. The molecule has 1 aliphatic heterocycles. The number of nitrogens with one attached hydrogen (secondary N) is 2. The summed E-state index contributed by atoms with van der Waals surface area (Å²) in [7, 11) is 1.47. The molecule has 0 aromatic carbocycles. The minimum absolute atomic E-state index is 0. The number of guanidine groups is 1. The summed E-state index contributed by atoms with van der Waals surface area (Å²) in [5.74, 6) is 0.889. The Morgan fingerprint density at radius 3 is 2.32 bits per heavy atom. The predicted octanol–water partition coefficient (Wildman–Crippen LogP) is 1.25. The highest BCUT2D eigenvalue weighted by Gasteiger charge is 2.26. The molecule has 1 fully saturated rings. The number of halogens is 4. The second-order valence-corrected chi connectivity index (χ2v) is 5.96. The third-order valence-electron chi connectivity index (χ3n) is 4.02. The van der Waals surface area contributed by atoms with Crippen molar-refractivity contribution < 1.29 is 18.0 Å². The molecule has 158 valence electrons. The summed E-state index contributed by atoms with van der Waals surface area (Å²) in [6, 6.07) is 1.75. The Morgan fingerprint density at radius 2 is 1.75 bits per heavy atom. The second-order valence-electron chi connectivity index (χ2n) is 5.96. The molecule has 1 aliphatic rings. The van der Waals surface area contributed by atoms with Crippen LogP contribution in [0.4, 0.5) is 19.1 Å². The largest absolute Gasteiger partial charge is 0.390 e. The number of alkyl halides is 3. The van der Waals surface area contributed by atoms with Gasteiger partial charge in [0.1, 0.15) is 0 Å². The number of hydrogen-bond donors (Lipinski definition) is 2. The van der Waals surface area contributed by atoms with E-state index in [0.717, 1.165) is 0 Å². The van der Waals surface area contributed by atoms with Gasteiger partial charge < -0.3 is 20.4 Å². The van der Waals surface area contributed by atoms with E-state index in [1.54, 1.807) is 23.4 Å². The number of aromatic nitrogens is 2. The van der Waals surface area contributed by atoms with E-state index < -0.39 is 12.6 Å². The molecule has 0 aliphatic carbocycles. The second kappa shape index (κ2) is 11.9. The molecule has 0 unspecified atom stereocenters. The minimum Gasteiger partial charge on any atom is -0.356 e. The van der Waals surface area contributed by atoms with Gasteiger partial charge in [-0.25, -0.2) is 9.97 Å². The fraction of sp³-hybridized carbons (Fsp3) is 0.625. The zero-order chi connectivity index (χ0) is 19.7. The summed E-state index contributed by atoms with van der Waals surface area (Å²) >= 11 is 0. The molecular weight excluding hydrogens is 490 g/mol. The number of aliphatic imine (C=N–C) groups is 1. The van der Waals surface area contributed by atoms with Crippen LogP contribution in [0.15, 0.2) is 23.5 Å². The Kier molecular flexibility index (Phi) is 10.2. The average molecular weight is 515 g/mol. The lowest BCUT2D eigenvalue weighted by Gasteiger charge is -2.34. The molecule has 2 N–H and O–H groups in total. The molecule has 2 rings (SSSR count). The predicted molar refractivity (Wildman–Crippen MR) is 111 cm³/mol. The Hall–Kier alpha value is -1.86. The molecule has 2 heterocycles. The highest BCUT2D eigenvalue weighted by atomic mass is 127. The summed E-state index contributed by atoms with van der Waals surface area (Å²) in [6.07, 6.45) is -1.55. The van der Waals surface area contributed by atoms with Gasteiger partial charge in [0, 0.05) is 65.1 Å². The molecule has 1 amide bonds. The van der Waals surface area contributed by atoms with E-state index in [1.165, 1.54) is 7.05 Å². The number of carbonyl (C=O) groups is 1. The highest BCUT2D eigenvalue weighted by Crippen LogP contribution is 2.18. The van der Waals surface area contributed by atoms with Gasteiger partial charge in [0.05, 0.1) is 6.42 Å². The lowest BCUT2D eigenvalue weighted by Crippen LogP contribution is -2.50. The normalized spacial score (nSPS) is 15.1. The number of hydrogen-bond acceptors (Lipinski definition) is 5. The maximum absolute atomic E-state index is 12.3. The van der Waals surface area contributed by atoms with Gasteiger partial charge in [-0.05, 0) is 6.07 Å². The van der Waals surface area contributed by atoms with E-state index >= 15 is 0 Å². The first kappa shape index (κ1) is 24.2. The van der Waals surface area contributed by atoms with Gasteiger partial charge in [-0.3, -0.25) is 9.79 Å². The van der Waals surface area contributed by atoms with Crippen LogP contribution in [-0.2, 0) is 4.79 Å². The van der Waals surface area contributed by atoms with Crippen molar-refractivity contribution in [3.8, 4) is 0 Å². The minimum atomic E-state index is -4.21. The Bertz CT molecular complexity index is 622. The Labute approximate surface area is 179 Å². The van der Waals surface area contributed by atoms with Crippen molar-refractivity contribution in [1.29, 1.82) is 0 Å². The molecule has 0 saturated carbocycles. The third kappa shape index (κ3) is 8.44. The summed E-state index contributed by atoms with van der Waals surface area (Å²) in [5, 5.41) is 5.43. The van der Waals surface area contributed by atoms with E-state index in [1.807, 2.05) is 4.90 Å². The van der Waals surface area contributed by atoms with Gasteiger partial charge in [-0.2, -0.15) is 13.2 Å². The van der Waals surface area contributed by atoms with Gasteiger partial charge in [-0.15, -0.1) is 24.0 Å². The first-order chi connectivity index (χ1) is 12.9. The maximum atomic E-state index is 12.3. The van der Waals surface area contributed by atoms with Gasteiger partial charge in [0.15, 0.2) is 5.96 Å². The number of rotatable bonds is 6. The fourth-order valence-electron chi connectivity index (χ4n) is 2.60. The van der Waals surface area contributed by atoms with Crippen molar-refractivity contribution in [2.45, 2.75) is 19.0 Å². The summed E-state index contributed by atoms with van der Waals surface area (Å²) in [5.41, 5.74) is 0. The molecule has 28 heavy (non-hydrogen) atoms. The van der Waals surface area contributed by atoms with Crippen molar-refractivity contribution in [2.24, 2.45) is 4.99 Å². The number of nitrogens with zero attached hydrogens (tertiary/aromatic N) is 5. The van der Waals surface area contributed by atoms with Crippen molar-refractivity contribution in [2.75, 3.05) is 51.2 Å². The summed E-state index contributed by atoms with van der Waals surface area (Å²) in [6.45, 7) is 2.51. The topological polar surface area (TPSA) is 85.8 Å². The van der Waals surface area contributed by atoms with Crippen LogP contribution >= 0.6 is 24.0 Å². The molecule has 1 aromatic rings. The number of piperazine rings is 1. The standard InChI is InChI=1S/C16H24F3N7O.HI/c1-20-14(22-8-4-16(17,18)19)21-7-3-13(27)25-9-11-26(12-10-25)15-23-5-2-6-24-15;/h2,5-6H,3-4,7-12H2,1H3,(H2,20,21,22);1H. The van der Waals surface area contributed by atoms with Crippen LogP contribution in [0.5, 0.6) is 0 Å². The molecule has 0 radical (unpaired) electrons. The average Bonchev–Trinajstić information content (AvgIpc) is 2.66. The van der Waals surface area contributed by atoms with Crippen molar-refractivity contribution in [3.63, 3.8) is 0 Å². The Morgan fingerprint density at radius 1 is 1.14 bits per heavy atom. The molecule has 1 aromatic heterocycles. The zero-order valence-corrected chi connectivity index (χ0v) is 17.9. The van der Waals surface area contributed by atoms with E-state index in [0.29, 0.717) is 38.7 Å². The lowest BCUT2D eigenvalue weighted by atomic mass is 10.3. The molecule has 8 nitrogen and oxygen atoms in total. The molecule has 0 spiro atoms. The van der Waals surface area contributed by atoms with Gasteiger partial charge in [-0.1, -0.05) is 0 Å². The maximum Gasteiger partial charge on any atom is 0.390 e. The number of carbonyl (C=O) groups excluding carboxylic acids is 1. The first-order valence-electron chi connectivity index (χ1n) is 8.70. The monoisotopic (exact) mass is 515 g/mol.